The number of pyridine rings is 1. The van der Waals surface area contributed by atoms with Crippen molar-refractivity contribution < 1.29 is 0 Å². The summed E-state index contributed by atoms with van der Waals surface area (Å²) >= 11 is 0. The van der Waals surface area contributed by atoms with E-state index in [1.807, 2.05) is 25.4 Å². The largest absolute Gasteiger partial charge is 0.366 e. The lowest BCUT2D eigenvalue weighted by Crippen LogP contribution is -2.25. The number of aromatic nitrogens is 1. The van der Waals surface area contributed by atoms with Crippen molar-refractivity contribution in [2.75, 3.05) is 0 Å². The molecule has 0 saturated heterocycles. The molecule has 4 aromatic rings. The third-order valence-corrected chi connectivity index (χ3v) is 5.82. The Labute approximate surface area is 197 Å². The number of hydrogen-bond donors (Lipinski definition) is 0. The van der Waals surface area contributed by atoms with Gasteiger partial charge in [0, 0.05) is 18.4 Å². The summed E-state index contributed by atoms with van der Waals surface area (Å²) in [5, 5.41) is 0. The van der Waals surface area contributed by atoms with Crippen LogP contribution in [0.5, 0.6) is 0 Å². The van der Waals surface area contributed by atoms with Gasteiger partial charge >= 0.3 is 0 Å². The van der Waals surface area contributed by atoms with Crippen LogP contribution in [-0.2, 0) is 13.0 Å². The predicted octanol–water partition coefficient (Wildman–Crippen LogP) is 7.49. The van der Waals surface area contributed by atoms with Crippen molar-refractivity contribution in [3.63, 3.8) is 0 Å². The average Bonchev–Trinajstić information content (AvgIpc) is 2.86. The van der Waals surface area contributed by atoms with E-state index in [9.17, 15) is 0 Å². The maximum Gasteiger partial charge on any atom is 0.0580 e. The fraction of sp³-hybridized carbons (Fsp3) is 0.129. The van der Waals surface area contributed by atoms with E-state index in [0.717, 1.165) is 24.2 Å². The Morgan fingerprint density at radius 3 is 2.06 bits per heavy atom. The van der Waals surface area contributed by atoms with Crippen molar-refractivity contribution in [3.8, 4) is 0 Å². The minimum Gasteiger partial charge on any atom is -0.366 e. The van der Waals surface area contributed by atoms with Crippen LogP contribution in [0.3, 0.4) is 0 Å². The van der Waals surface area contributed by atoms with Gasteiger partial charge in [0.15, 0.2) is 0 Å². The van der Waals surface area contributed by atoms with E-state index in [-0.39, 0.29) is 6.04 Å². The van der Waals surface area contributed by atoms with Crippen LogP contribution in [0.15, 0.2) is 116 Å². The molecule has 0 amide bonds. The van der Waals surface area contributed by atoms with Gasteiger partial charge in [0.1, 0.15) is 0 Å². The molecule has 3 aromatic carbocycles. The Balaban J connectivity index is 1.58. The summed E-state index contributed by atoms with van der Waals surface area (Å²) in [6.07, 6.45) is 9.03. The summed E-state index contributed by atoms with van der Waals surface area (Å²) in [6.45, 7) is 6.98. The van der Waals surface area contributed by atoms with Gasteiger partial charge in [-0.2, -0.15) is 0 Å². The molecule has 0 radical (unpaired) electrons. The van der Waals surface area contributed by atoms with Crippen molar-refractivity contribution in [3.05, 3.63) is 150 Å². The molecule has 0 saturated carbocycles. The summed E-state index contributed by atoms with van der Waals surface area (Å²) < 4.78 is 0. The zero-order chi connectivity index (χ0) is 22.9. The van der Waals surface area contributed by atoms with Gasteiger partial charge in [-0.05, 0) is 59.5 Å². The molecule has 0 spiro atoms. The van der Waals surface area contributed by atoms with Crippen LogP contribution < -0.4 is 0 Å². The van der Waals surface area contributed by atoms with Crippen molar-refractivity contribution in [1.82, 2.24) is 9.88 Å². The summed E-state index contributed by atoms with van der Waals surface area (Å²) in [5.41, 5.74) is 7.25. The number of hydrogen-bond acceptors (Lipinski definition) is 2. The standard InChI is InChI=1S/C31H30N2/c1-3-33(24-29-12-8-5-9-13-29)31(23-27-10-6-4-7-11-27)30-18-16-26(17-19-30)14-15-28-20-21-32-25(2)22-28/h3-22,31H,1,23-24H2,2H3. The molecule has 1 heterocycles. The molecule has 1 atom stereocenters. The van der Waals surface area contributed by atoms with Crippen LogP contribution in [0.1, 0.15) is 39.6 Å². The Kier molecular flexibility index (Phi) is 7.50. The third kappa shape index (κ3) is 6.30. The van der Waals surface area contributed by atoms with E-state index in [1.165, 1.54) is 22.3 Å². The molecule has 2 heteroatoms. The maximum atomic E-state index is 4.27. The lowest BCUT2D eigenvalue weighted by molar-refractivity contribution is 0.270. The molecule has 1 unspecified atom stereocenters. The topological polar surface area (TPSA) is 16.1 Å². The first-order valence-corrected chi connectivity index (χ1v) is 11.4. The molecule has 0 aliphatic carbocycles. The normalized spacial score (nSPS) is 11.9. The molecule has 4 rings (SSSR count). The number of aryl methyl sites for hydroxylation is 1. The van der Waals surface area contributed by atoms with Gasteiger partial charge in [-0.25, -0.2) is 0 Å². The zero-order valence-corrected chi connectivity index (χ0v) is 19.1. The minimum atomic E-state index is 0.200. The van der Waals surface area contributed by atoms with Crippen LogP contribution in [0.4, 0.5) is 0 Å². The lowest BCUT2D eigenvalue weighted by Gasteiger charge is -2.31. The second kappa shape index (κ2) is 11.1. The summed E-state index contributed by atoms with van der Waals surface area (Å²) in [5.74, 6) is 0. The van der Waals surface area contributed by atoms with E-state index >= 15 is 0 Å². The first-order valence-electron chi connectivity index (χ1n) is 11.4. The molecular weight excluding hydrogens is 400 g/mol. The summed E-state index contributed by atoms with van der Waals surface area (Å²) in [4.78, 5) is 6.61. The average molecular weight is 431 g/mol. The fourth-order valence-electron chi connectivity index (χ4n) is 4.05. The highest BCUT2D eigenvalue weighted by atomic mass is 15.1. The van der Waals surface area contributed by atoms with E-state index in [4.69, 9.17) is 0 Å². The van der Waals surface area contributed by atoms with Crippen LogP contribution in [-0.4, -0.2) is 9.88 Å². The second-order valence-corrected chi connectivity index (χ2v) is 8.28. The van der Waals surface area contributed by atoms with Crippen LogP contribution in [0.2, 0.25) is 0 Å². The lowest BCUT2D eigenvalue weighted by atomic mass is 9.96. The smallest absolute Gasteiger partial charge is 0.0580 e. The van der Waals surface area contributed by atoms with Crippen molar-refractivity contribution in [1.29, 1.82) is 0 Å². The monoisotopic (exact) mass is 430 g/mol. The highest BCUT2D eigenvalue weighted by molar-refractivity contribution is 5.69. The first kappa shape index (κ1) is 22.3. The molecular formula is C31H30N2. The maximum absolute atomic E-state index is 4.27. The van der Waals surface area contributed by atoms with Crippen molar-refractivity contribution in [2.45, 2.75) is 25.9 Å². The molecule has 0 fully saturated rings. The van der Waals surface area contributed by atoms with E-state index in [1.54, 1.807) is 0 Å². The third-order valence-electron chi connectivity index (χ3n) is 5.82. The van der Waals surface area contributed by atoms with Gasteiger partial charge in [-0.3, -0.25) is 4.98 Å². The second-order valence-electron chi connectivity index (χ2n) is 8.28. The van der Waals surface area contributed by atoms with E-state index in [2.05, 4.69) is 120 Å². The fourth-order valence-corrected chi connectivity index (χ4v) is 4.05. The van der Waals surface area contributed by atoms with E-state index in [0.29, 0.717) is 0 Å². The van der Waals surface area contributed by atoms with E-state index < -0.39 is 0 Å². The SMILES string of the molecule is C=CN(Cc1ccccc1)C(Cc1ccccc1)c1ccc(C=Cc2ccnc(C)c2)cc1. The zero-order valence-electron chi connectivity index (χ0n) is 19.1. The van der Waals surface area contributed by atoms with Crippen molar-refractivity contribution >= 4 is 12.2 Å². The molecule has 0 bridgehead atoms. The highest BCUT2D eigenvalue weighted by Crippen LogP contribution is 2.28. The summed E-state index contributed by atoms with van der Waals surface area (Å²) in [6, 6.07) is 34.5. The highest BCUT2D eigenvalue weighted by Gasteiger charge is 2.18. The first-order chi connectivity index (χ1) is 16.2. The van der Waals surface area contributed by atoms with Gasteiger partial charge in [-0.1, -0.05) is 104 Å². The quantitative estimate of drug-likeness (QED) is 0.273. The molecule has 0 N–H and O–H groups in total. The van der Waals surface area contributed by atoms with Gasteiger partial charge in [0.2, 0.25) is 0 Å². The molecule has 33 heavy (non-hydrogen) atoms. The van der Waals surface area contributed by atoms with Crippen molar-refractivity contribution in [2.24, 2.45) is 0 Å². The van der Waals surface area contributed by atoms with Gasteiger partial charge in [0.25, 0.3) is 0 Å². The van der Waals surface area contributed by atoms with Gasteiger partial charge in [0.05, 0.1) is 6.04 Å². The number of nitrogens with zero attached hydrogens (tertiary/aromatic N) is 2. The summed E-state index contributed by atoms with van der Waals surface area (Å²) in [7, 11) is 0. The van der Waals surface area contributed by atoms with Gasteiger partial charge < -0.3 is 4.90 Å². The number of benzene rings is 3. The van der Waals surface area contributed by atoms with Crippen LogP contribution in [0, 0.1) is 6.92 Å². The van der Waals surface area contributed by atoms with Crippen LogP contribution >= 0.6 is 0 Å². The molecule has 1 aromatic heterocycles. The molecule has 2 nitrogen and oxygen atoms in total. The Morgan fingerprint density at radius 2 is 1.42 bits per heavy atom. The Hall–Kier alpha value is -3.91. The Morgan fingerprint density at radius 1 is 0.788 bits per heavy atom. The predicted molar refractivity (Wildman–Crippen MR) is 139 cm³/mol. The molecule has 164 valence electrons. The van der Waals surface area contributed by atoms with Gasteiger partial charge in [-0.15, -0.1) is 0 Å². The van der Waals surface area contributed by atoms with Crippen LogP contribution in [0.25, 0.3) is 12.2 Å². The number of rotatable bonds is 9. The minimum absolute atomic E-state index is 0.200. The molecule has 0 aliphatic rings. The molecule has 0 aliphatic heterocycles. The Bertz CT molecular complexity index is 1180.